The van der Waals surface area contributed by atoms with Crippen molar-refractivity contribution in [3.8, 4) is 5.75 Å². The Morgan fingerprint density at radius 1 is 1.30 bits per heavy atom. The molecule has 1 N–H and O–H groups in total. The van der Waals surface area contributed by atoms with Crippen molar-refractivity contribution in [1.29, 1.82) is 0 Å². The normalized spacial score (nSPS) is 16.1. The minimum Gasteiger partial charge on any atom is -0.485 e. The highest BCUT2D eigenvalue weighted by molar-refractivity contribution is 7.10. The summed E-state index contributed by atoms with van der Waals surface area (Å²) >= 11 is 1.79. The van der Waals surface area contributed by atoms with Crippen LogP contribution in [0.4, 0.5) is 0 Å². The Labute approximate surface area is 143 Å². The molecule has 0 spiro atoms. The number of hydrogen-bond acceptors (Lipinski definition) is 4. The molecule has 1 unspecified atom stereocenters. The van der Waals surface area contributed by atoms with E-state index < -0.39 is 0 Å². The molecule has 0 bridgehead atoms. The summed E-state index contributed by atoms with van der Waals surface area (Å²) in [5.74, 6) is 1.07. The molecule has 0 amide bonds. The zero-order chi connectivity index (χ0) is 16.1. The third-order valence-electron chi connectivity index (χ3n) is 4.38. The number of nitrogens with zero attached hydrogens (tertiary/aromatic N) is 1. The summed E-state index contributed by atoms with van der Waals surface area (Å²) in [6.07, 6.45) is 2.21. The third kappa shape index (κ3) is 4.14. The molecule has 1 atom stereocenters. The van der Waals surface area contributed by atoms with Gasteiger partial charge in [0.2, 0.25) is 0 Å². The number of ether oxygens (including phenoxy) is 1. The van der Waals surface area contributed by atoms with Crippen LogP contribution in [0.3, 0.4) is 0 Å². The van der Waals surface area contributed by atoms with Crippen LogP contribution >= 0.6 is 11.3 Å². The van der Waals surface area contributed by atoms with Crippen LogP contribution in [0.1, 0.15) is 35.5 Å². The number of benzene rings is 1. The van der Waals surface area contributed by atoms with Crippen molar-refractivity contribution >= 4 is 11.3 Å². The summed E-state index contributed by atoms with van der Waals surface area (Å²) in [7, 11) is 2.18. The van der Waals surface area contributed by atoms with E-state index in [2.05, 4.69) is 59.9 Å². The molecule has 1 aromatic heterocycles. The monoisotopic (exact) mass is 330 g/mol. The largest absolute Gasteiger partial charge is 0.485 e. The molecule has 2 aromatic rings. The van der Waals surface area contributed by atoms with Gasteiger partial charge >= 0.3 is 0 Å². The molecule has 1 aliphatic heterocycles. The van der Waals surface area contributed by atoms with Crippen molar-refractivity contribution in [2.45, 2.75) is 32.4 Å². The molecule has 0 fully saturated rings. The fourth-order valence-corrected chi connectivity index (χ4v) is 3.91. The molecule has 124 valence electrons. The number of fused-ring (bicyclic) bond motifs is 1. The standard InChI is InChI=1S/C19H26N2OS/c1-3-20-11-9-18(19-8-5-13-23-19)22-17-7-4-6-15-14-21(2)12-10-16(15)17/h4-8,13,18,20H,3,9-12,14H2,1-2H3. The molecule has 0 saturated carbocycles. The molecule has 3 nitrogen and oxygen atoms in total. The first-order chi connectivity index (χ1) is 11.3. The van der Waals surface area contributed by atoms with Gasteiger partial charge in [-0.05, 0) is 55.2 Å². The van der Waals surface area contributed by atoms with Gasteiger partial charge in [-0.15, -0.1) is 11.3 Å². The molecule has 0 saturated heterocycles. The van der Waals surface area contributed by atoms with Gasteiger partial charge in [-0.3, -0.25) is 0 Å². The summed E-state index contributed by atoms with van der Waals surface area (Å²) in [6, 6.07) is 10.8. The predicted molar refractivity (Wildman–Crippen MR) is 97.3 cm³/mol. The highest BCUT2D eigenvalue weighted by Crippen LogP contribution is 2.33. The molecule has 0 radical (unpaired) electrons. The Bertz CT molecular complexity index is 612. The van der Waals surface area contributed by atoms with Gasteiger partial charge in [0.25, 0.3) is 0 Å². The van der Waals surface area contributed by atoms with Crippen LogP contribution in [0.25, 0.3) is 0 Å². The smallest absolute Gasteiger partial charge is 0.134 e. The lowest BCUT2D eigenvalue weighted by Gasteiger charge is -2.28. The maximum Gasteiger partial charge on any atom is 0.134 e. The Morgan fingerprint density at radius 2 is 2.22 bits per heavy atom. The molecule has 1 aromatic carbocycles. The maximum atomic E-state index is 6.49. The van der Waals surface area contributed by atoms with Crippen molar-refractivity contribution in [2.75, 3.05) is 26.7 Å². The summed E-state index contributed by atoms with van der Waals surface area (Å²) < 4.78 is 6.49. The van der Waals surface area contributed by atoms with Crippen molar-refractivity contribution in [1.82, 2.24) is 10.2 Å². The predicted octanol–water partition coefficient (Wildman–Crippen LogP) is 3.86. The van der Waals surface area contributed by atoms with E-state index in [0.717, 1.165) is 44.8 Å². The lowest BCUT2D eigenvalue weighted by Crippen LogP contribution is -2.27. The number of hydrogen-bond donors (Lipinski definition) is 1. The minimum atomic E-state index is 0.139. The first-order valence-electron chi connectivity index (χ1n) is 8.48. The number of likely N-dealkylation sites (N-methyl/N-ethyl adjacent to an activating group) is 1. The van der Waals surface area contributed by atoms with Gasteiger partial charge in [-0.2, -0.15) is 0 Å². The van der Waals surface area contributed by atoms with E-state index in [0.29, 0.717) is 0 Å². The Kier molecular flexibility index (Phi) is 5.70. The molecular weight excluding hydrogens is 304 g/mol. The highest BCUT2D eigenvalue weighted by atomic mass is 32.1. The fourth-order valence-electron chi connectivity index (χ4n) is 3.12. The molecule has 0 aliphatic carbocycles. The van der Waals surface area contributed by atoms with Gasteiger partial charge < -0.3 is 15.0 Å². The lowest BCUT2D eigenvalue weighted by molar-refractivity contribution is 0.193. The summed E-state index contributed by atoms with van der Waals surface area (Å²) in [5.41, 5.74) is 2.81. The Balaban J connectivity index is 1.78. The van der Waals surface area contributed by atoms with Gasteiger partial charge in [-0.1, -0.05) is 25.1 Å². The molecule has 1 aliphatic rings. The van der Waals surface area contributed by atoms with Crippen LogP contribution in [0.2, 0.25) is 0 Å². The summed E-state index contributed by atoms with van der Waals surface area (Å²) in [6.45, 7) is 6.26. The second-order valence-corrected chi connectivity index (χ2v) is 7.13. The number of thiophene rings is 1. The average molecular weight is 330 g/mol. The van der Waals surface area contributed by atoms with Gasteiger partial charge in [0.05, 0.1) is 0 Å². The van der Waals surface area contributed by atoms with E-state index in [-0.39, 0.29) is 6.10 Å². The highest BCUT2D eigenvalue weighted by Gasteiger charge is 2.20. The van der Waals surface area contributed by atoms with E-state index in [1.807, 2.05) is 0 Å². The second kappa shape index (κ2) is 7.95. The van der Waals surface area contributed by atoms with Crippen molar-refractivity contribution in [3.05, 3.63) is 51.7 Å². The number of rotatable bonds is 7. The van der Waals surface area contributed by atoms with Crippen LogP contribution in [0.5, 0.6) is 5.75 Å². The van der Waals surface area contributed by atoms with E-state index in [9.17, 15) is 0 Å². The van der Waals surface area contributed by atoms with Crippen LogP contribution in [-0.4, -0.2) is 31.6 Å². The quantitative estimate of drug-likeness (QED) is 0.780. The Hall–Kier alpha value is -1.36. The fraction of sp³-hybridized carbons (Fsp3) is 0.474. The molecular formula is C19H26N2OS. The van der Waals surface area contributed by atoms with E-state index >= 15 is 0 Å². The van der Waals surface area contributed by atoms with Gasteiger partial charge in [-0.25, -0.2) is 0 Å². The first-order valence-corrected chi connectivity index (χ1v) is 9.36. The second-order valence-electron chi connectivity index (χ2n) is 6.15. The third-order valence-corrected chi connectivity index (χ3v) is 5.34. The minimum absolute atomic E-state index is 0.139. The van der Waals surface area contributed by atoms with E-state index in [1.54, 1.807) is 11.3 Å². The molecule has 2 heterocycles. The zero-order valence-electron chi connectivity index (χ0n) is 14.0. The maximum absolute atomic E-state index is 6.49. The van der Waals surface area contributed by atoms with Gasteiger partial charge in [0, 0.05) is 24.4 Å². The molecule has 4 heteroatoms. The molecule has 3 rings (SSSR count). The van der Waals surface area contributed by atoms with E-state index in [1.165, 1.54) is 16.0 Å². The lowest BCUT2D eigenvalue weighted by atomic mass is 9.99. The Morgan fingerprint density at radius 3 is 3.00 bits per heavy atom. The average Bonchev–Trinajstić information content (AvgIpc) is 3.08. The van der Waals surface area contributed by atoms with Crippen LogP contribution < -0.4 is 10.1 Å². The summed E-state index contributed by atoms with van der Waals surface area (Å²) in [5, 5.41) is 5.55. The van der Waals surface area contributed by atoms with Crippen molar-refractivity contribution in [3.63, 3.8) is 0 Å². The van der Waals surface area contributed by atoms with Gasteiger partial charge in [0.1, 0.15) is 11.9 Å². The first kappa shape index (κ1) is 16.5. The number of nitrogens with one attached hydrogen (secondary N) is 1. The SMILES string of the molecule is CCNCCC(Oc1cccc2c1CCN(C)C2)c1cccs1. The summed E-state index contributed by atoms with van der Waals surface area (Å²) in [4.78, 5) is 3.68. The van der Waals surface area contributed by atoms with E-state index in [4.69, 9.17) is 4.74 Å². The molecule has 23 heavy (non-hydrogen) atoms. The van der Waals surface area contributed by atoms with Crippen LogP contribution in [-0.2, 0) is 13.0 Å². The van der Waals surface area contributed by atoms with Gasteiger partial charge in [0.15, 0.2) is 0 Å². The zero-order valence-corrected chi connectivity index (χ0v) is 14.9. The van der Waals surface area contributed by atoms with Crippen LogP contribution in [0.15, 0.2) is 35.7 Å². The topological polar surface area (TPSA) is 24.5 Å². The van der Waals surface area contributed by atoms with Crippen molar-refractivity contribution in [2.24, 2.45) is 0 Å². The van der Waals surface area contributed by atoms with Crippen LogP contribution in [0, 0.1) is 0 Å². The van der Waals surface area contributed by atoms with Crippen molar-refractivity contribution < 1.29 is 4.74 Å².